The molecular formula is C20H18N4OS. The van der Waals surface area contributed by atoms with Crippen LogP contribution in [0.4, 0.5) is 0 Å². The van der Waals surface area contributed by atoms with E-state index >= 15 is 0 Å². The van der Waals surface area contributed by atoms with Gasteiger partial charge in [-0.15, -0.1) is 11.3 Å². The van der Waals surface area contributed by atoms with Gasteiger partial charge in [0, 0.05) is 22.3 Å². The molecule has 1 aliphatic rings. The van der Waals surface area contributed by atoms with E-state index in [1.165, 1.54) is 16.9 Å². The van der Waals surface area contributed by atoms with Crippen molar-refractivity contribution in [2.75, 3.05) is 0 Å². The number of hydrogen-bond donors (Lipinski definition) is 0. The number of ketones is 1. The molecule has 4 rings (SSSR count). The van der Waals surface area contributed by atoms with E-state index in [2.05, 4.69) is 16.2 Å². The third-order valence-corrected chi connectivity index (χ3v) is 5.74. The summed E-state index contributed by atoms with van der Waals surface area (Å²) in [5.74, 6) is -1.13. The number of carbonyl (C=O) groups excluding carboxylic acids is 1. The molecule has 0 fully saturated rings. The zero-order valence-electron chi connectivity index (χ0n) is 14.7. The van der Waals surface area contributed by atoms with Crippen LogP contribution in [-0.4, -0.2) is 20.5 Å². The van der Waals surface area contributed by atoms with E-state index in [0.717, 1.165) is 41.9 Å². The summed E-state index contributed by atoms with van der Waals surface area (Å²) in [6.07, 6.45) is 2.74. The van der Waals surface area contributed by atoms with Crippen molar-refractivity contribution in [2.24, 2.45) is 0 Å². The Morgan fingerprint density at radius 1 is 1.27 bits per heavy atom. The fraction of sp³-hybridized carbons (Fsp3) is 0.300. The van der Waals surface area contributed by atoms with Crippen LogP contribution >= 0.6 is 11.3 Å². The van der Waals surface area contributed by atoms with Crippen LogP contribution in [0.15, 0.2) is 29.6 Å². The normalized spacial score (nSPS) is 14.0. The van der Waals surface area contributed by atoms with E-state index in [1.807, 2.05) is 48.2 Å². The zero-order valence-corrected chi connectivity index (χ0v) is 15.5. The van der Waals surface area contributed by atoms with Gasteiger partial charge in [-0.2, -0.15) is 10.4 Å². The molecule has 0 spiro atoms. The number of benzene rings is 1. The quantitative estimate of drug-likeness (QED) is 0.659. The minimum Gasteiger partial charge on any atom is -0.290 e. The highest BCUT2D eigenvalue weighted by atomic mass is 32.1. The van der Waals surface area contributed by atoms with Gasteiger partial charge >= 0.3 is 0 Å². The first-order valence-electron chi connectivity index (χ1n) is 8.62. The SMILES string of the molecule is Cc1ccc(-n2nc(C(=O)C(C#N)c3nc(C)cs3)c3c2CCC3)cc1. The minimum absolute atomic E-state index is 0.245. The molecule has 6 heteroatoms. The summed E-state index contributed by atoms with van der Waals surface area (Å²) >= 11 is 1.35. The Balaban J connectivity index is 1.77. The van der Waals surface area contributed by atoms with Crippen molar-refractivity contribution >= 4 is 17.1 Å². The maximum Gasteiger partial charge on any atom is 0.207 e. The number of nitriles is 1. The molecule has 5 nitrogen and oxygen atoms in total. The Hall–Kier alpha value is -2.78. The first-order chi connectivity index (χ1) is 12.6. The Morgan fingerprint density at radius 2 is 2.04 bits per heavy atom. The van der Waals surface area contributed by atoms with E-state index in [4.69, 9.17) is 0 Å². The number of Topliss-reactive ketones (excluding diaryl/α,β-unsaturated/α-hetero) is 1. The molecular weight excluding hydrogens is 344 g/mol. The topological polar surface area (TPSA) is 71.6 Å². The van der Waals surface area contributed by atoms with E-state index in [1.54, 1.807) is 0 Å². The maximum atomic E-state index is 13.1. The average molecular weight is 362 g/mol. The largest absolute Gasteiger partial charge is 0.290 e. The Kier molecular flexibility index (Phi) is 4.17. The average Bonchev–Trinajstić information content (AvgIpc) is 3.33. The second-order valence-corrected chi connectivity index (χ2v) is 7.52. The van der Waals surface area contributed by atoms with Crippen molar-refractivity contribution in [2.45, 2.75) is 39.0 Å². The van der Waals surface area contributed by atoms with Crippen LogP contribution in [-0.2, 0) is 12.8 Å². The van der Waals surface area contributed by atoms with Gasteiger partial charge in [0.1, 0.15) is 10.7 Å². The van der Waals surface area contributed by atoms with Crippen LogP contribution in [0.25, 0.3) is 5.69 Å². The number of thiazole rings is 1. The number of carbonyl (C=O) groups is 1. The lowest BCUT2D eigenvalue weighted by molar-refractivity contribution is 0.0972. The summed E-state index contributed by atoms with van der Waals surface area (Å²) in [6.45, 7) is 3.91. The van der Waals surface area contributed by atoms with Crippen LogP contribution in [0.2, 0.25) is 0 Å². The maximum absolute atomic E-state index is 13.1. The van der Waals surface area contributed by atoms with Crippen molar-refractivity contribution in [3.8, 4) is 11.8 Å². The van der Waals surface area contributed by atoms with Crippen molar-refractivity contribution in [3.05, 3.63) is 62.9 Å². The van der Waals surface area contributed by atoms with Gasteiger partial charge in [-0.1, -0.05) is 17.7 Å². The number of aromatic nitrogens is 3. The molecule has 0 aliphatic heterocycles. The summed E-state index contributed by atoms with van der Waals surface area (Å²) in [7, 11) is 0. The Labute approximate surface area is 155 Å². The van der Waals surface area contributed by atoms with Crippen molar-refractivity contribution in [1.82, 2.24) is 14.8 Å². The summed E-state index contributed by atoms with van der Waals surface area (Å²) in [4.78, 5) is 17.4. The van der Waals surface area contributed by atoms with Crippen LogP contribution in [0.5, 0.6) is 0 Å². The fourth-order valence-corrected chi connectivity index (χ4v) is 4.24. The van der Waals surface area contributed by atoms with Gasteiger partial charge in [-0.3, -0.25) is 4.79 Å². The molecule has 0 saturated carbocycles. The lowest BCUT2D eigenvalue weighted by atomic mass is 10.0. The smallest absolute Gasteiger partial charge is 0.207 e. The van der Waals surface area contributed by atoms with Crippen LogP contribution in [0.3, 0.4) is 0 Å². The predicted octanol–water partition coefficient (Wildman–Crippen LogP) is 3.92. The van der Waals surface area contributed by atoms with Gasteiger partial charge in [0.15, 0.2) is 5.92 Å². The molecule has 0 amide bonds. The number of aryl methyl sites for hydroxylation is 2. The molecule has 0 saturated heterocycles. The van der Waals surface area contributed by atoms with Gasteiger partial charge in [0.2, 0.25) is 5.78 Å². The molecule has 1 aromatic carbocycles. The van der Waals surface area contributed by atoms with E-state index in [-0.39, 0.29) is 5.78 Å². The van der Waals surface area contributed by atoms with Crippen LogP contribution in [0, 0.1) is 25.2 Å². The third-order valence-electron chi connectivity index (χ3n) is 4.72. The highest BCUT2D eigenvalue weighted by Crippen LogP contribution is 2.31. The lowest BCUT2D eigenvalue weighted by Gasteiger charge is -2.06. The monoisotopic (exact) mass is 362 g/mol. The van der Waals surface area contributed by atoms with Gasteiger partial charge in [-0.25, -0.2) is 9.67 Å². The molecule has 0 N–H and O–H groups in total. The number of nitrogens with zero attached hydrogens (tertiary/aromatic N) is 4. The fourth-order valence-electron chi connectivity index (χ4n) is 3.40. The number of rotatable bonds is 4. The van der Waals surface area contributed by atoms with Crippen molar-refractivity contribution in [3.63, 3.8) is 0 Å². The molecule has 1 atom stereocenters. The van der Waals surface area contributed by atoms with Crippen LogP contribution < -0.4 is 0 Å². The molecule has 26 heavy (non-hydrogen) atoms. The first kappa shape index (κ1) is 16.7. The predicted molar refractivity (Wildman–Crippen MR) is 99.9 cm³/mol. The number of hydrogen-bond acceptors (Lipinski definition) is 5. The second kappa shape index (κ2) is 6.50. The lowest BCUT2D eigenvalue weighted by Crippen LogP contribution is -2.14. The molecule has 0 radical (unpaired) electrons. The van der Waals surface area contributed by atoms with Gasteiger partial charge in [0.05, 0.1) is 11.8 Å². The second-order valence-electron chi connectivity index (χ2n) is 6.63. The summed E-state index contributed by atoms with van der Waals surface area (Å²) in [5.41, 5.74) is 5.46. The van der Waals surface area contributed by atoms with Gasteiger partial charge in [0.25, 0.3) is 0 Å². The molecule has 130 valence electrons. The van der Waals surface area contributed by atoms with E-state index in [9.17, 15) is 10.1 Å². The van der Waals surface area contributed by atoms with Crippen LogP contribution in [0.1, 0.15) is 50.3 Å². The molecule has 2 aromatic heterocycles. The minimum atomic E-state index is -0.889. The summed E-state index contributed by atoms with van der Waals surface area (Å²) in [5, 5.41) is 16.6. The zero-order chi connectivity index (χ0) is 18.3. The molecule has 3 aromatic rings. The third kappa shape index (κ3) is 2.74. The first-order valence-corrected chi connectivity index (χ1v) is 9.50. The molecule has 1 unspecified atom stereocenters. The Morgan fingerprint density at radius 3 is 2.69 bits per heavy atom. The van der Waals surface area contributed by atoms with Gasteiger partial charge < -0.3 is 0 Å². The van der Waals surface area contributed by atoms with Crippen molar-refractivity contribution in [1.29, 1.82) is 5.26 Å². The number of fused-ring (bicyclic) bond motifs is 1. The Bertz CT molecular complexity index is 1020. The molecule has 2 heterocycles. The molecule has 1 aliphatic carbocycles. The van der Waals surface area contributed by atoms with E-state index in [0.29, 0.717) is 10.7 Å². The summed E-state index contributed by atoms with van der Waals surface area (Å²) < 4.78 is 1.87. The van der Waals surface area contributed by atoms with E-state index < -0.39 is 5.92 Å². The van der Waals surface area contributed by atoms with Crippen molar-refractivity contribution < 1.29 is 4.79 Å². The molecule has 0 bridgehead atoms. The standard InChI is InChI=1S/C20H18N4OS/c1-12-6-8-14(9-7-12)24-17-5-3-4-15(17)18(23-24)19(25)16(10-21)20-22-13(2)11-26-20/h6-9,11,16H,3-5H2,1-2H3. The summed E-state index contributed by atoms with van der Waals surface area (Å²) in [6, 6.07) is 10.2. The highest BCUT2D eigenvalue weighted by molar-refractivity contribution is 7.10. The van der Waals surface area contributed by atoms with Gasteiger partial charge in [-0.05, 0) is 45.2 Å². The highest BCUT2D eigenvalue weighted by Gasteiger charge is 2.33.